The Morgan fingerprint density at radius 3 is 2.37 bits per heavy atom. The van der Waals surface area contributed by atoms with Gasteiger partial charge in [-0.2, -0.15) is 0 Å². The highest BCUT2D eigenvalue weighted by molar-refractivity contribution is 7.98. The van der Waals surface area contributed by atoms with Crippen molar-refractivity contribution in [3.8, 4) is 0 Å². The van der Waals surface area contributed by atoms with Gasteiger partial charge >= 0.3 is 0 Å². The van der Waals surface area contributed by atoms with Gasteiger partial charge in [-0.3, -0.25) is 59.2 Å². The largest absolute Gasteiger partial charge is 0.368 e. The zero-order valence-corrected chi connectivity index (χ0v) is 34.1. The van der Waals surface area contributed by atoms with Crippen molar-refractivity contribution in [2.75, 3.05) is 52.4 Å². The second kappa shape index (κ2) is 17.9. The number of piperazine rings is 1. The SMILES string of the molecule is CC1CC(NC2NC(N3CCC[C@@H](NC(=O)C4CCN(CC5CCN(C6CCC7C(=O)N([C@H]8CCC(=O)NC8=O)C(=O)C7C6)CC5)CC4)C3)CNC2C(N)=O)SN1. The van der Waals surface area contributed by atoms with Gasteiger partial charge in [0.15, 0.2) is 0 Å². The number of primary amides is 1. The Morgan fingerprint density at radius 2 is 1.65 bits per heavy atom. The van der Waals surface area contributed by atoms with Gasteiger partial charge in [0.05, 0.1) is 29.5 Å². The number of nitrogens with zero attached hydrogens (tertiary/aromatic N) is 4. The number of imide groups is 2. The number of carbonyl (C=O) groups excluding carboxylic acids is 6. The summed E-state index contributed by atoms with van der Waals surface area (Å²) >= 11 is 1.66. The molecule has 7 heterocycles. The van der Waals surface area contributed by atoms with Crippen molar-refractivity contribution < 1.29 is 28.8 Å². The van der Waals surface area contributed by atoms with Crippen LogP contribution in [0, 0.1) is 23.7 Å². The number of hydrogen-bond acceptors (Lipinski definition) is 14. The van der Waals surface area contributed by atoms with E-state index in [0.717, 1.165) is 97.2 Å². The zero-order chi connectivity index (χ0) is 39.8. The number of hydrogen-bond donors (Lipinski definition) is 7. The molecule has 0 bridgehead atoms. The predicted octanol–water partition coefficient (Wildman–Crippen LogP) is -1.41. The fraction of sp³-hybridized carbons (Fsp3) is 0.846. The van der Waals surface area contributed by atoms with E-state index >= 15 is 0 Å². The molecule has 10 atom stereocenters. The Kier molecular flexibility index (Phi) is 12.9. The maximum Gasteiger partial charge on any atom is 0.249 e. The first-order chi connectivity index (χ1) is 27.5. The van der Waals surface area contributed by atoms with Gasteiger partial charge in [-0.15, -0.1) is 0 Å². The quantitative estimate of drug-likeness (QED) is 0.0999. The molecule has 0 radical (unpaired) electrons. The second-order valence-corrected chi connectivity index (χ2v) is 19.1. The molecule has 316 valence electrons. The minimum Gasteiger partial charge on any atom is -0.368 e. The van der Waals surface area contributed by atoms with E-state index in [1.54, 1.807) is 11.9 Å². The molecule has 8 N–H and O–H groups in total. The molecule has 17 nitrogen and oxygen atoms in total. The monoisotopic (exact) mass is 813 g/mol. The third-order valence-corrected chi connectivity index (χ3v) is 15.4. The Balaban J connectivity index is 0.742. The molecule has 6 amide bonds. The molecule has 8 fully saturated rings. The van der Waals surface area contributed by atoms with Gasteiger partial charge in [0.25, 0.3) is 0 Å². The van der Waals surface area contributed by atoms with Gasteiger partial charge in [-0.05, 0) is 116 Å². The lowest BCUT2D eigenvalue weighted by Crippen LogP contribution is -2.73. The summed E-state index contributed by atoms with van der Waals surface area (Å²) in [6.07, 6.45) is 9.16. The first-order valence-electron chi connectivity index (χ1n) is 21.7. The fourth-order valence-electron chi connectivity index (χ4n) is 11.0. The fourth-order valence-corrected chi connectivity index (χ4v) is 12.1. The van der Waals surface area contributed by atoms with Crippen molar-refractivity contribution in [2.45, 2.75) is 132 Å². The van der Waals surface area contributed by atoms with E-state index in [0.29, 0.717) is 31.3 Å². The van der Waals surface area contributed by atoms with Gasteiger partial charge in [0.2, 0.25) is 35.4 Å². The number of rotatable bonds is 10. The Bertz CT molecular complexity index is 1540. The van der Waals surface area contributed by atoms with Crippen LogP contribution in [-0.2, 0) is 28.8 Å². The predicted molar refractivity (Wildman–Crippen MR) is 212 cm³/mol. The van der Waals surface area contributed by atoms with Crippen molar-refractivity contribution in [1.82, 2.24) is 50.9 Å². The highest BCUT2D eigenvalue weighted by Gasteiger charge is 2.54. The van der Waals surface area contributed by atoms with Crippen LogP contribution in [0.4, 0.5) is 0 Å². The summed E-state index contributed by atoms with van der Waals surface area (Å²) in [5.74, 6) is -1.66. The van der Waals surface area contributed by atoms with Crippen molar-refractivity contribution in [3.63, 3.8) is 0 Å². The molecular formula is C39H63N11O6S. The molecule has 7 saturated heterocycles. The molecule has 0 aromatic rings. The van der Waals surface area contributed by atoms with Gasteiger partial charge in [-0.1, -0.05) is 11.9 Å². The van der Waals surface area contributed by atoms with E-state index in [9.17, 15) is 28.8 Å². The Labute approximate surface area is 339 Å². The van der Waals surface area contributed by atoms with Crippen LogP contribution in [0.25, 0.3) is 0 Å². The van der Waals surface area contributed by atoms with Crippen LogP contribution >= 0.6 is 11.9 Å². The van der Waals surface area contributed by atoms with Gasteiger partial charge < -0.3 is 26.2 Å². The lowest BCUT2D eigenvalue weighted by atomic mass is 9.77. The van der Waals surface area contributed by atoms with Crippen LogP contribution in [0.5, 0.6) is 0 Å². The number of nitrogens with one attached hydrogen (secondary N) is 6. The van der Waals surface area contributed by atoms with Crippen molar-refractivity contribution in [2.24, 2.45) is 29.4 Å². The highest BCUT2D eigenvalue weighted by Crippen LogP contribution is 2.42. The molecule has 7 aliphatic heterocycles. The molecule has 1 aliphatic carbocycles. The minimum absolute atomic E-state index is 0.0275. The number of carbonyl (C=O) groups is 6. The maximum atomic E-state index is 13.5. The topological polar surface area (TPSA) is 214 Å². The van der Waals surface area contributed by atoms with Crippen LogP contribution in [0.3, 0.4) is 0 Å². The van der Waals surface area contributed by atoms with Gasteiger partial charge in [-0.25, -0.2) is 0 Å². The minimum atomic E-state index is -0.868. The van der Waals surface area contributed by atoms with E-state index in [-0.39, 0.29) is 89.9 Å². The van der Waals surface area contributed by atoms with Crippen LogP contribution < -0.4 is 37.0 Å². The summed E-state index contributed by atoms with van der Waals surface area (Å²) in [4.78, 5) is 85.3. The van der Waals surface area contributed by atoms with Crippen molar-refractivity contribution >= 4 is 47.4 Å². The third-order valence-electron chi connectivity index (χ3n) is 14.2. The third kappa shape index (κ3) is 9.22. The molecule has 8 unspecified atom stereocenters. The lowest BCUT2D eigenvalue weighted by molar-refractivity contribution is -0.151. The molecule has 57 heavy (non-hydrogen) atoms. The molecule has 0 aromatic carbocycles. The number of nitrogens with two attached hydrogens (primary N) is 1. The van der Waals surface area contributed by atoms with E-state index in [4.69, 9.17) is 5.73 Å². The maximum absolute atomic E-state index is 13.5. The Hall–Kier alpha value is -2.71. The first kappa shape index (κ1) is 41.0. The summed E-state index contributed by atoms with van der Waals surface area (Å²) in [5, 5.41) is 16.5. The molecular weight excluding hydrogens is 751 g/mol. The molecule has 0 spiro atoms. The highest BCUT2D eigenvalue weighted by atomic mass is 32.2. The van der Waals surface area contributed by atoms with Crippen molar-refractivity contribution in [1.29, 1.82) is 0 Å². The summed E-state index contributed by atoms with van der Waals surface area (Å²) < 4.78 is 3.38. The van der Waals surface area contributed by atoms with E-state index in [2.05, 4.69) is 52.9 Å². The normalized spacial score (nSPS) is 38.3. The van der Waals surface area contributed by atoms with Crippen LogP contribution in [-0.4, -0.2) is 155 Å². The number of piperidine rings is 4. The van der Waals surface area contributed by atoms with Crippen LogP contribution in [0.1, 0.15) is 84.0 Å². The molecule has 8 aliphatic rings. The summed E-state index contributed by atoms with van der Waals surface area (Å²) in [6.45, 7) is 9.33. The van der Waals surface area contributed by atoms with Crippen molar-refractivity contribution in [3.05, 3.63) is 0 Å². The number of amides is 6. The molecule has 0 aromatic heterocycles. The summed E-state index contributed by atoms with van der Waals surface area (Å²) in [7, 11) is 0. The molecule has 1 saturated carbocycles. The van der Waals surface area contributed by atoms with Crippen LogP contribution in [0.2, 0.25) is 0 Å². The molecule has 18 heteroatoms. The average molecular weight is 814 g/mol. The summed E-state index contributed by atoms with van der Waals surface area (Å²) in [6, 6.07) is -0.605. The lowest BCUT2D eigenvalue weighted by Gasteiger charge is -2.45. The smallest absolute Gasteiger partial charge is 0.249 e. The Morgan fingerprint density at radius 1 is 0.877 bits per heavy atom. The number of likely N-dealkylation sites (tertiary alicyclic amines) is 4. The van der Waals surface area contributed by atoms with Crippen LogP contribution in [0.15, 0.2) is 0 Å². The average Bonchev–Trinajstić information content (AvgIpc) is 3.73. The standard InChI is InChI=1S/C39H63N11O6S/c1-22-17-32(57-46-22)45-35-33(34(40)52)41-19-30(43-35)49-12-2-3-25(21-49)42-36(53)24-10-13-47(14-11-24)20-23-8-15-48(16-9-23)26-4-5-27-28(18-26)39(56)50(38(27)55)29-6-7-31(51)44-37(29)54/h22-30,32-33,35,41,43,45-46H,2-21H2,1H3,(H2,40,52)(H,42,53)(H,44,51,54)/t22?,25-,26?,27?,28?,29+,30?,32?,33?,35?/m1/s1. The van der Waals surface area contributed by atoms with E-state index in [1.165, 1.54) is 4.90 Å². The van der Waals surface area contributed by atoms with E-state index in [1.807, 2.05) is 0 Å². The second-order valence-electron chi connectivity index (χ2n) is 18.1. The van der Waals surface area contributed by atoms with Gasteiger partial charge in [0.1, 0.15) is 12.1 Å². The molecule has 8 rings (SSSR count). The number of fused-ring (bicyclic) bond motifs is 1. The zero-order valence-electron chi connectivity index (χ0n) is 33.3. The van der Waals surface area contributed by atoms with E-state index < -0.39 is 18.0 Å². The summed E-state index contributed by atoms with van der Waals surface area (Å²) in [5.41, 5.74) is 5.76. The first-order valence-corrected chi connectivity index (χ1v) is 22.6. The van der Waals surface area contributed by atoms with Gasteiger partial charge in [0, 0.05) is 50.1 Å².